The molecule has 1 unspecified atom stereocenters. The average molecular weight is 388 g/mol. The van der Waals surface area contributed by atoms with Crippen molar-refractivity contribution in [3.8, 4) is 0 Å². The van der Waals surface area contributed by atoms with Gasteiger partial charge >= 0.3 is 0 Å². The second-order valence-electron chi connectivity index (χ2n) is 6.27. The molecule has 0 bridgehead atoms. The summed E-state index contributed by atoms with van der Waals surface area (Å²) < 4.78 is 0.810. The summed E-state index contributed by atoms with van der Waals surface area (Å²) in [6, 6.07) is 10.6. The molecule has 4 nitrogen and oxygen atoms in total. The van der Waals surface area contributed by atoms with Crippen LogP contribution in [0.4, 0.5) is 0 Å². The number of aromatic nitrogens is 1. The quantitative estimate of drug-likeness (QED) is 0.849. The predicted octanol–water partition coefficient (Wildman–Crippen LogP) is 3.72. The third-order valence-electron chi connectivity index (χ3n) is 4.47. The van der Waals surface area contributed by atoms with Crippen LogP contribution in [0.3, 0.4) is 0 Å². The van der Waals surface area contributed by atoms with Crippen molar-refractivity contribution in [2.75, 3.05) is 19.6 Å². The molecule has 2 heterocycles. The molecule has 1 amide bonds. The van der Waals surface area contributed by atoms with E-state index in [2.05, 4.69) is 62.3 Å². The maximum atomic E-state index is 12.4. The molecule has 1 aliphatic heterocycles. The first kappa shape index (κ1) is 17.1. The van der Waals surface area contributed by atoms with Crippen LogP contribution in [0.1, 0.15) is 40.4 Å². The van der Waals surface area contributed by atoms with Gasteiger partial charge in [-0.1, -0.05) is 29.8 Å². The minimum absolute atomic E-state index is 0.0832. The molecule has 0 radical (unpaired) electrons. The molecular weight excluding hydrogens is 366 g/mol. The van der Waals surface area contributed by atoms with Crippen LogP contribution in [-0.2, 0) is 0 Å². The van der Waals surface area contributed by atoms with Crippen LogP contribution in [0.2, 0.25) is 0 Å². The Kier molecular flexibility index (Phi) is 5.63. The lowest BCUT2D eigenvalue weighted by molar-refractivity contribution is 0.0937. The Hall–Kier alpha value is -1.72. The lowest BCUT2D eigenvalue weighted by Gasteiger charge is -2.28. The van der Waals surface area contributed by atoms with Gasteiger partial charge < -0.3 is 5.32 Å². The van der Waals surface area contributed by atoms with Gasteiger partial charge in [0.1, 0.15) is 0 Å². The number of carbonyl (C=O) groups excluding carboxylic acids is 1. The van der Waals surface area contributed by atoms with Crippen molar-refractivity contribution in [3.05, 3.63) is 63.9 Å². The Balaban J connectivity index is 1.72. The Labute approximate surface area is 151 Å². The summed E-state index contributed by atoms with van der Waals surface area (Å²) >= 11 is 3.36. The number of nitrogens with one attached hydrogen (secondary N) is 1. The summed E-state index contributed by atoms with van der Waals surface area (Å²) in [7, 11) is 0. The number of nitrogens with zero attached hydrogens (tertiary/aromatic N) is 2. The number of amides is 1. The molecule has 1 N–H and O–H groups in total. The van der Waals surface area contributed by atoms with Crippen LogP contribution >= 0.6 is 15.9 Å². The fourth-order valence-corrected chi connectivity index (χ4v) is 3.49. The van der Waals surface area contributed by atoms with Crippen molar-refractivity contribution in [1.82, 2.24) is 15.2 Å². The molecule has 1 aromatic carbocycles. The van der Waals surface area contributed by atoms with E-state index in [4.69, 9.17) is 0 Å². The minimum Gasteiger partial charge on any atom is -0.350 e. The molecule has 2 aromatic rings. The van der Waals surface area contributed by atoms with E-state index in [0.717, 1.165) is 17.6 Å². The molecule has 1 aromatic heterocycles. The van der Waals surface area contributed by atoms with Crippen LogP contribution in [0.15, 0.2) is 47.2 Å². The number of carbonyl (C=O) groups is 1. The number of halogens is 1. The zero-order valence-corrected chi connectivity index (χ0v) is 15.4. The van der Waals surface area contributed by atoms with E-state index in [1.165, 1.54) is 24.0 Å². The third kappa shape index (κ3) is 4.22. The molecule has 126 valence electrons. The van der Waals surface area contributed by atoms with Crippen LogP contribution in [0.25, 0.3) is 0 Å². The zero-order chi connectivity index (χ0) is 16.9. The molecule has 1 fully saturated rings. The van der Waals surface area contributed by atoms with Crippen molar-refractivity contribution in [3.63, 3.8) is 0 Å². The van der Waals surface area contributed by atoms with Gasteiger partial charge in [-0.15, -0.1) is 0 Å². The van der Waals surface area contributed by atoms with Gasteiger partial charge in [0.25, 0.3) is 5.91 Å². The lowest BCUT2D eigenvalue weighted by Crippen LogP contribution is -2.36. The van der Waals surface area contributed by atoms with E-state index in [0.29, 0.717) is 12.1 Å². The number of benzene rings is 1. The normalized spacial score (nSPS) is 16.1. The average Bonchev–Trinajstić information content (AvgIpc) is 3.11. The first-order chi connectivity index (χ1) is 11.6. The van der Waals surface area contributed by atoms with Gasteiger partial charge in [0.15, 0.2) is 0 Å². The molecule has 0 spiro atoms. The largest absolute Gasteiger partial charge is 0.350 e. The predicted molar refractivity (Wildman–Crippen MR) is 99.0 cm³/mol. The lowest BCUT2D eigenvalue weighted by atomic mass is 10.0. The Morgan fingerprint density at radius 2 is 1.96 bits per heavy atom. The van der Waals surface area contributed by atoms with E-state index >= 15 is 0 Å². The number of likely N-dealkylation sites (tertiary alicyclic amines) is 1. The summed E-state index contributed by atoms with van der Waals surface area (Å²) in [5, 5.41) is 3.07. The number of pyridine rings is 1. The number of hydrogen-bond acceptors (Lipinski definition) is 3. The van der Waals surface area contributed by atoms with Gasteiger partial charge in [-0.25, -0.2) is 0 Å². The maximum Gasteiger partial charge on any atom is 0.252 e. The molecule has 5 heteroatoms. The highest BCUT2D eigenvalue weighted by atomic mass is 79.9. The van der Waals surface area contributed by atoms with Crippen molar-refractivity contribution in [1.29, 1.82) is 0 Å². The van der Waals surface area contributed by atoms with Crippen molar-refractivity contribution < 1.29 is 4.79 Å². The van der Waals surface area contributed by atoms with E-state index < -0.39 is 0 Å². The van der Waals surface area contributed by atoms with E-state index in [1.807, 2.05) is 0 Å². The third-order valence-corrected chi connectivity index (χ3v) is 4.90. The van der Waals surface area contributed by atoms with E-state index in [-0.39, 0.29) is 11.9 Å². The fraction of sp³-hybridized carbons (Fsp3) is 0.368. The summed E-state index contributed by atoms with van der Waals surface area (Å²) in [5.74, 6) is -0.0832. The summed E-state index contributed by atoms with van der Waals surface area (Å²) in [4.78, 5) is 18.9. The molecular formula is C19H22BrN3O. The summed E-state index contributed by atoms with van der Waals surface area (Å²) in [6.07, 6.45) is 5.73. The molecule has 0 saturated carbocycles. The Bertz CT molecular complexity index is 696. The smallest absolute Gasteiger partial charge is 0.252 e. The minimum atomic E-state index is -0.0832. The molecule has 24 heavy (non-hydrogen) atoms. The van der Waals surface area contributed by atoms with Gasteiger partial charge in [0.05, 0.1) is 11.6 Å². The monoisotopic (exact) mass is 387 g/mol. The first-order valence-corrected chi connectivity index (χ1v) is 9.12. The molecule has 1 aliphatic rings. The van der Waals surface area contributed by atoms with Crippen molar-refractivity contribution in [2.45, 2.75) is 25.8 Å². The SMILES string of the molecule is Cc1ccc(C(CNC(=O)c2cncc(Br)c2)N2CCCC2)cc1. The van der Waals surface area contributed by atoms with Crippen LogP contribution in [0.5, 0.6) is 0 Å². The maximum absolute atomic E-state index is 12.4. The molecule has 3 rings (SSSR count). The Morgan fingerprint density at radius 3 is 2.62 bits per heavy atom. The highest BCUT2D eigenvalue weighted by molar-refractivity contribution is 9.10. The van der Waals surface area contributed by atoms with Gasteiger partial charge in [-0.05, 0) is 60.4 Å². The standard InChI is InChI=1S/C19H22BrN3O/c1-14-4-6-15(7-5-14)18(23-8-2-3-9-23)13-22-19(24)16-10-17(20)12-21-11-16/h4-7,10-12,18H,2-3,8-9,13H2,1H3,(H,22,24). The summed E-state index contributed by atoms with van der Waals surface area (Å²) in [5.41, 5.74) is 3.09. The molecule has 0 aliphatic carbocycles. The first-order valence-electron chi connectivity index (χ1n) is 8.33. The van der Waals surface area contributed by atoms with Crippen LogP contribution in [-0.4, -0.2) is 35.4 Å². The van der Waals surface area contributed by atoms with Gasteiger partial charge in [-0.3, -0.25) is 14.7 Å². The van der Waals surface area contributed by atoms with Gasteiger partial charge in [0.2, 0.25) is 0 Å². The van der Waals surface area contributed by atoms with Crippen molar-refractivity contribution in [2.24, 2.45) is 0 Å². The van der Waals surface area contributed by atoms with E-state index in [9.17, 15) is 4.79 Å². The second kappa shape index (κ2) is 7.90. The number of aryl methyl sites for hydroxylation is 1. The van der Waals surface area contributed by atoms with Crippen molar-refractivity contribution >= 4 is 21.8 Å². The zero-order valence-electron chi connectivity index (χ0n) is 13.8. The van der Waals surface area contributed by atoms with E-state index in [1.54, 1.807) is 18.5 Å². The Morgan fingerprint density at radius 1 is 1.25 bits per heavy atom. The van der Waals surface area contributed by atoms with Gasteiger partial charge in [0, 0.05) is 23.4 Å². The number of hydrogen-bond donors (Lipinski definition) is 1. The van der Waals surface area contributed by atoms with Crippen LogP contribution < -0.4 is 5.32 Å². The molecule has 1 saturated heterocycles. The summed E-state index contributed by atoms with van der Waals surface area (Å²) in [6.45, 7) is 4.88. The number of rotatable bonds is 5. The van der Waals surface area contributed by atoms with Gasteiger partial charge in [-0.2, -0.15) is 0 Å². The second-order valence-corrected chi connectivity index (χ2v) is 7.19. The highest BCUT2D eigenvalue weighted by Gasteiger charge is 2.24. The fourth-order valence-electron chi connectivity index (χ4n) is 3.13. The highest BCUT2D eigenvalue weighted by Crippen LogP contribution is 2.25. The topological polar surface area (TPSA) is 45.2 Å². The van der Waals surface area contributed by atoms with Crippen LogP contribution in [0, 0.1) is 6.92 Å². The molecule has 1 atom stereocenters.